The van der Waals surface area contributed by atoms with Crippen molar-refractivity contribution in [3.8, 4) is 0 Å². The maximum Gasteiger partial charge on any atom is 0.394 e. The third-order valence-electron chi connectivity index (χ3n) is 1.88. The van der Waals surface area contributed by atoms with Crippen molar-refractivity contribution in [1.29, 1.82) is 0 Å². The number of rotatable bonds is 6. The van der Waals surface area contributed by atoms with Gasteiger partial charge in [-0.05, 0) is 20.0 Å². The first-order chi connectivity index (χ1) is 8.11. The van der Waals surface area contributed by atoms with Crippen LogP contribution in [0.3, 0.4) is 0 Å². The quantitative estimate of drug-likeness (QED) is 0.422. The van der Waals surface area contributed by atoms with Crippen molar-refractivity contribution in [3.63, 3.8) is 0 Å². The summed E-state index contributed by atoms with van der Waals surface area (Å²) in [4.78, 5) is 13.2. The molecule has 0 aliphatic carbocycles. The number of hydrogen-bond acceptors (Lipinski definition) is 5. The lowest BCUT2D eigenvalue weighted by Crippen LogP contribution is -2.27. The van der Waals surface area contributed by atoms with E-state index in [-0.39, 0.29) is 5.97 Å². The van der Waals surface area contributed by atoms with Gasteiger partial charge in [-0.1, -0.05) is 20.4 Å². The van der Waals surface area contributed by atoms with Gasteiger partial charge in [-0.25, -0.2) is 4.79 Å². The average Bonchev–Trinajstić information content (AvgIpc) is 2.21. The van der Waals surface area contributed by atoms with E-state index in [1.807, 2.05) is 0 Å². The van der Waals surface area contributed by atoms with Crippen LogP contribution in [0.1, 0.15) is 20.8 Å². The van der Waals surface area contributed by atoms with Crippen LogP contribution in [0.15, 0.2) is 12.2 Å². The van der Waals surface area contributed by atoms with Crippen LogP contribution in [0.5, 0.6) is 0 Å². The molecule has 0 rings (SSSR count). The zero-order valence-electron chi connectivity index (χ0n) is 10.9. The van der Waals surface area contributed by atoms with Gasteiger partial charge in [0.2, 0.25) is 0 Å². The number of nitrogens with zero attached hydrogens (tertiary/aromatic N) is 1. The topological polar surface area (TPSA) is 104 Å². The first-order valence-electron chi connectivity index (χ1n) is 5.36. The molecule has 7 nitrogen and oxygen atoms in total. The second-order valence-electron chi connectivity index (χ2n) is 3.39. The van der Waals surface area contributed by atoms with Gasteiger partial charge < -0.3 is 9.64 Å². The zero-order chi connectivity index (χ0) is 14.8. The Hall–Kier alpha value is -0.960. The van der Waals surface area contributed by atoms with Crippen LogP contribution in [-0.4, -0.2) is 54.6 Å². The van der Waals surface area contributed by atoms with Gasteiger partial charge >= 0.3 is 16.4 Å². The van der Waals surface area contributed by atoms with E-state index < -0.39 is 10.4 Å². The molecule has 0 spiro atoms. The van der Waals surface area contributed by atoms with Crippen molar-refractivity contribution >= 4 is 16.4 Å². The van der Waals surface area contributed by atoms with Crippen molar-refractivity contribution in [2.24, 2.45) is 0 Å². The molecule has 0 amide bonds. The third-order valence-corrected chi connectivity index (χ3v) is 1.88. The molecule has 0 saturated carbocycles. The molecule has 0 unspecified atom stereocenters. The fraction of sp³-hybridized carbons (Fsp3) is 0.700. The van der Waals surface area contributed by atoms with E-state index >= 15 is 0 Å². The molecule has 0 aliphatic rings. The van der Waals surface area contributed by atoms with Crippen LogP contribution in [0, 0.1) is 0 Å². The highest BCUT2D eigenvalue weighted by Gasteiger charge is 2.04. The molecule has 0 saturated heterocycles. The summed E-state index contributed by atoms with van der Waals surface area (Å²) in [6.07, 6.45) is 0. The lowest BCUT2D eigenvalue weighted by molar-refractivity contribution is -0.139. The Morgan fingerprint density at radius 2 is 1.67 bits per heavy atom. The molecule has 0 aliphatic heterocycles. The Morgan fingerprint density at radius 3 is 1.94 bits per heavy atom. The van der Waals surface area contributed by atoms with E-state index in [4.69, 9.17) is 22.3 Å². The molecule has 108 valence electrons. The number of carbonyl (C=O) groups is 1. The highest BCUT2D eigenvalue weighted by atomic mass is 32.3. The van der Waals surface area contributed by atoms with Gasteiger partial charge in [-0.15, -0.1) is 0 Å². The standard InChI is InChI=1S/C10H19NO2.H2O4S/c1-5-11(6-2)7-8-13-10(12)9(3)4;1-5(2,3)4/h3,5-8H2,1-2,4H3;(H2,1,2,3,4). The first kappa shape index (κ1) is 19.4. The predicted octanol–water partition coefficient (Wildman–Crippen LogP) is 0.795. The van der Waals surface area contributed by atoms with E-state index in [1.54, 1.807) is 6.92 Å². The molecule has 0 aromatic carbocycles. The molecule has 0 atom stereocenters. The van der Waals surface area contributed by atoms with Crippen LogP contribution in [0.4, 0.5) is 0 Å². The van der Waals surface area contributed by atoms with Gasteiger partial charge in [0.15, 0.2) is 0 Å². The van der Waals surface area contributed by atoms with Crippen LogP contribution >= 0.6 is 0 Å². The van der Waals surface area contributed by atoms with E-state index in [0.29, 0.717) is 12.2 Å². The van der Waals surface area contributed by atoms with Crippen molar-refractivity contribution in [3.05, 3.63) is 12.2 Å². The predicted molar refractivity (Wildman–Crippen MR) is 67.7 cm³/mol. The molecular formula is C10H21NO6S. The van der Waals surface area contributed by atoms with Crippen LogP contribution < -0.4 is 0 Å². The Balaban J connectivity index is 0. The number of likely N-dealkylation sites (N-methyl/N-ethyl adjacent to an activating group) is 1. The largest absolute Gasteiger partial charge is 0.461 e. The fourth-order valence-electron chi connectivity index (χ4n) is 0.930. The van der Waals surface area contributed by atoms with Crippen molar-refractivity contribution in [2.75, 3.05) is 26.2 Å². The van der Waals surface area contributed by atoms with Crippen LogP contribution in [0.2, 0.25) is 0 Å². The molecule has 8 heteroatoms. The molecule has 0 bridgehead atoms. The van der Waals surface area contributed by atoms with Crippen LogP contribution in [0.25, 0.3) is 0 Å². The summed E-state index contributed by atoms with van der Waals surface area (Å²) < 4.78 is 36.5. The van der Waals surface area contributed by atoms with Gasteiger partial charge in [0, 0.05) is 12.1 Å². The molecule has 18 heavy (non-hydrogen) atoms. The van der Waals surface area contributed by atoms with Crippen molar-refractivity contribution < 1.29 is 27.1 Å². The highest BCUT2D eigenvalue weighted by Crippen LogP contribution is 1.93. The van der Waals surface area contributed by atoms with E-state index in [9.17, 15) is 4.79 Å². The molecule has 0 radical (unpaired) electrons. The lowest BCUT2D eigenvalue weighted by Gasteiger charge is -2.17. The van der Waals surface area contributed by atoms with Crippen molar-refractivity contribution in [2.45, 2.75) is 20.8 Å². The smallest absolute Gasteiger partial charge is 0.394 e. The van der Waals surface area contributed by atoms with E-state index in [0.717, 1.165) is 19.6 Å². The summed E-state index contributed by atoms with van der Waals surface area (Å²) in [6.45, 7) is 12.6. The van der Waals surface area contributed by atoms with Crippen molar-refractivity contribution in [1.82, 2.24) is 4.90 Å². The molecule has 0 heterocycles. The summed E-state index contributed by atoms with van der Waals surface area (Å²) in [6, 6.07) is 0. The minimum atomic E-state index is -4.67. The van der Waals surface area contributed by atoms with Gasteiger partial charge in [0.05, 0.1) is 0 Å². The minimum absolute atomic E-state index is 0.299. The normalized spacial score (nSPS) is 10.6. The second-order valence-corrected chi connectivity index (χ2v) is 4.29. The van der Waals surface area contributed by atoms with Gasteiger partial charge in [0.1, 0.15) is 6.61 Å². The summed E-state index contributed by atoms with van der Waals surface area (Å²) in [5.74, 6) is -0.299. The summed E-state index contributed by atoms with van der Waals surface area (Å²) in [7, 11) is -4.67. The minimum Gasteiger partial charge on any atom is -0.461 e. The number of hydrogen-bond donors (Lipinski definition) is 2. The number of ether oxygens (including phenoxy) is 1. The first-order valence-corrected chi connectivity index (χ1v) is 6.76. The Kier molecular flexibility index (Phi) is 10.8. The Morgan fingerprint density at radius 1 is 1.28 bits per heavy atom. The van der Waals surface area contributed by atoms with Crippen LogP contribution in [-0.2, 0) is 19.9 Å². The lowest BCUT2D eigenvalue weighted by atomic mass is 10.4. The summed E-state index contributed by atoms with van der Waals surface area (Å²) in [5.41, 5.74) is 0.458. The Bertz CT molecular complexity index is 339. The maximum absolute atomic E-state index is 11.0. The maximum atomic E-state index is 11.0. The average molecular weight is 283 g/mol. The Labute approximate surface area is 108 Å². The SMILES string of the molecule is C=C(C)C(=O)OCCN(CC)CC.O=S(=O)(O)O. The third kappa shape index (κ3) is 17.4. The molecule has 0 fully saturated rings. The highest BCUT2D eigenvalue weighted by molar-refractivity contribution is 7.79. The summed E-state index contributed by atoms with van der Waals surface area (Å²) in [5, 5.41) is 0. The molecular weight excluding hydrogens is 262 g/mol. The van der Waals surface area contributed by atoms with Gasteiger partial charge in [0.25, 0.3) is 0 Å². The monoisotopic (exact) mass is 283 g/mol. The van der Waals surface area contributed by atoms with E-state index in [2.05, 4.69) is 25.3 Å². The van der Waals surface area contributed by atoms with Gasteiger partial charge in [-0.3, -0.25) is 9.11 Å². The molecule has 0 aromatic rings. The zero-order valence-corrected chi connectivity index (χ0v) is 11.7. The van der Waals surface area contributed by atoms with Gasteiger partial charge in [-0.2, -0.15) is 8.42 Å². The molecule has 0 aromatic heterocycles. The molecule has 2 N–H and O–H groups in total. The number of esters is 1. The second kappa shape index (κ2) is 10.0. The number of carbonyl (C=O) groups excluding carboxylic acids is 1. The fourth-order valence-corrected chi connectivity index (χ4v) is 0.930. The van der Waals surface area contributed by atoms with E-state index in [1.165, 1.54) is 0 Å². The summed E-state index contributed by atoms with van der Waals surface area (Å²) >= 11 is 0.